The third kappa shape index (κ3) is 3.97. The number of carbonyl (C=O) groups is 2. The van der Waals surface area contributed by atoms with E-state index >= 15 is 0 Å². The molecule has 0 atom stereocenters. The molecule has 172 valence electrons. The van der Waals surface area contributed by atoms with Gasteiger partial charge >= 0.3 is 0 Å². The van der Waals surface area contributed by atoms with Crippen LogP contribution in [0.4, 0.5) is 0 Å². The molecule has 1 aliphatic rings. The zero-order chi connectivity index (χ0) is 23.5. The van der Waals surface area contributed by atoms with Gasteiger partial charge in [0, 0.05) is 30.1 Å². The van der Waals surface area contributed by atoms with Gasteiger partial charge in [0.15, 0.2) is 11.5 Å². The lowest BCUT2D eigenvalue weighted by Crippen LogP contribution is -2.45. The summed E-state index contributed by atoms with van der Waals surface area (Å²) in [7, 11) is 6.01. The van der Waals surface area contributed by atoms with E-state index in [-0.39, 0.29) is 17.5 Å². The van der Waals surface area contributed by atoms with Crippen LogP contribution in [0.1, 0.15) is 27.3 Å². The average molecular weight is 451 g/mol. The fourth-order valence-electron chi connectivity index (χ4n) is 3.94. The predicted molar refractivity (Wildman–Crippen MR) is 121 cm³/mol. The molecule has 9 heteroatoms. The molecule has 0 N–H and O–H groups in total. The van der Waals surface area contributed by atoms with Crippen LogP contribution >= 0.6 is 0 Å². The zero-order valence-electron chi connectivity index (χ0n) is 19.0. The maximum absolute atomic E-state index is 13.4. The smallest absolute Gasteiger partial charge is 0.291 e. The Hall–Kier alpha value is -4.01. The Morgan fingerprint density at radius 1 is 0.788 bits per heavy atom. The number of methoxy groups -OCH3 is 4. The zero-order valence-corrected chi connectivity index (χ0v) is 19.0. The van der Waals surface area contributed by atoms with Crippen LogP contribution in [0.15, 0.2) is 42.5 Å². The Morgan fingerprint density at radius 2 is 1.39 bits per heavy atom. The summed E-state index contributed by atoms with van der Waals surface area (Å²) in [4.78, 5) is 31.3. The van der Waals surface area contributed by atoms with Crippen molar-refractivity contribution < 1.29 is 28.5 Å². The Bertz CT molecular complexity index is 1190. The normalized spacial score (nSPS) is 13.2. The molecule has 2 amide bonds. The van der Waals surface area contributed by atoms with Gasteiger partial charge in [-0.2, -0.15) is 0 Å². The van der Waals surface area contributed by atoms with Gasteiger partial charge in [0.1, 0.15) is 11.4 Å². The SMILES string of the molecule is COc1cc(C(=O)N2CCCN2C(=O)c2cc(OC)c3ccccc3n2)cc(OC)c1OC. The number of hydrogen-bond donors (Lipinski definition) is 0. The van der Waals surface area contributed by atoms with Gasteiger partial charge in [0.2, 0.25) is 5.75 Å². The van der Waals surface area contributed by atoms with Crippen LogP contribution in [-0.4, -0.2) is 68.3 Å². The first-order valence-corrected chi connectivity index (χ1v) is 10.4. The van der Waals surface area contributed by atoms with Gasteiger partial charge in [-0.1, -0.05) is 12.1 Å². The molecule has 1 aliphatic heterocycles. The van der Waals surface area contributed by atoms with Gasteiger partial charge in [-0.15, -0.1) is 0 Å². The summed E-state index contributed by atoms with van der Waals surface area (Å²) in [6, 6.07) is 12.2. The van der Waals surface area contributed by atoms with Crippen LogP contribution < -0.4 is 18.9 Å². The van der Waals surface area contributed by atoms with Gasteiger partial charge in [-0.3, -0.25) is 9.59 Å². The lowest BCUT2D eigenvalue weighted by Gasteiger charge is -2.28. The van der Waals surface area contributed by atoms with E-state index in [1.807, 2.05) is 24.3 Å². The van der Waals surface area contributed by atoms with E-state index in [1.165, 1.54) is 31.3 Å². The van der Waals surface area contributed by atoms with Crippen LogP contribution in [0.2, 0.25) is 0 Å². The number of nitrogens with zero attached hydrogens (tertiary/aromatic N) is 3. The molecule has 0 aliphatic carbocycles. The molecule has 4 rings (SSSR count). The first-order valence-electron chi connectivity index (χ1n) is 10.4. The number of amides is 2. The van der Waals surface area contributed by atoms with Crippen molar-refractivity contribution in [3.05, 3.63) is 53.7 Å². The molecule has 0 radical (unpaired) electrons. The highest BCUT2D eigenvalue weighted by molar-refractivity contribution is 6.01. The third-order valence-corrected chi connectivity index (χ3v) is 5.53. The van der Waals surface area contributed by atoms with Crippen LogP contribution in [0.3, 0.4) is 0 Å². The molecule has 2 heterocycles. The lowest BCUT2D eigenvalue weighted by atomic mass is 10.1. The van der Waals surface area contributed by atoms with E-state index in [0.29, 0.717) is 53.6 Å². The third-order valence-electron chi connectivity index (χ3n) is 5.53. The number of para-hydroxylation sites is 1. The van der Waals surface area contributed by atoms with Crippen molar-refractivity contribution in [2.45, 2.75) is 6.42 Å². The van der Waals surface area contributed by atoms with Crippen molar-refractivity contribution in [1.82, 2.24) is 15.0 Å². The van der Waals surface area contributed by atoms with Crippen molar-refractivity contribution in [3.8, 4) is 23.0 Å². The van der Waals surface area contributed by atoms with Gasteiger partial charge in [-0.05, 0) is 30.7 Å². The molecule has 0 bridgehead atoms. The van der Waals surface area contributed by atoms with Crippen LogP contribution in [0.5, 0.6) is 23.0 Å². The molecule has 1 saturated heterocycles. The summed E-state index contributed by atoms with van der Waals surface area (Å²) < 4.78 is 21.5. The summed E-state index contributed by atoms with van der Waals surface area (Å²) >= 11 is 0. The standard InChI is InChI=1S/C24H25N3O6/c1-30-19-14-18(25-17-9-6-5-8-16(17)19)24(29)27-11-7-10-26(27)23(28)15-12-20(31-2)22(33-4)21(13-15)32-3/h5-6,8-9,12-14H,7,10-11H2,1-4H3. The fourth-order valence-corrected chi connectivity index (χ4v) is 3.94. The van der Waals surface area contributed by atoms with Gasteiger partial charge in [0.25, 0.3) is 11.8 Å². The second-order valence-corrected chi connectivity index (χ2v) is 7.35. The average Bonchev–Trinajstić information content (AvgIpc) is 3.35. The summed E-state index contributed by atoms with van der Waals surface area (Å²) in [5.74, 6) is 0.922. The quantitative estimate of drug-likeness (QED) is 0.569. The molecule has 0 spiro atoms. The number of carbonyl (C=O) groups excluding carboxylic acids is 2. The fraction of sp³-hybridized carbons (Fsp3) is 0.292. The number of hydrazine groups is 1. The largest absolute Gasteiger partial charge is 0.496 e. The molecular weight excluding hydrogens is 426 g/mol. The Morgan fingerprint density at radius 3 is 2.00 bits per heavy atom. The summed E-state index contributed by atoms with van der Waals surface area (Å²) in [5, 5.41) is 3.65. The van der Waals surface area contributed by atoms with Crippen LogP contribution in [0.25, 0.3) is 10.9 Å². The highest BCUT2D eigenvalue weighted by Crippen LogP contribution is 2.38. The molecule has 2 aromatic carbocycles. The van der Waals surface area contributed by atoms with Crippen molar-refractivity contribution in [1.29, 1.82) is 0 Å². The number of pyridine rings is 1. The summed E-state index contributed by atoms with van der Waals surface area (Å²) in [5.41, 5.74) is 1.16. The first kappa shape index (κ1) is 22.2. The van der Waals surface area contributed by atoms with E-state index in [4.69, 9.17) is 18.9 Å². The summed E-state index contributed by atoms with van der Waals surface area (Å²) in [6.45, 7) is 0.789. The maximum Gasteiger partial charge on any atom is 0.291 e. The Kier molecular flexibility index (Phi) is 6.21. The van der Waals surface area contributed by atoms with E-state index in [1.54, 1.807) is 25.3 Å². The number of rotatable bonds is 6. The second-order valence-electron chi connectivity index (χ2n) is 7.35. The Labute approximate surface area is 191 Å². The molecule has 1 aromatic heterocycles. The molecule has 0 saturated carbocycles. The van der Waals surface area contributed by atoms with Crippen LogP contribution in [-0.2, 0) is 0 Å². The topological polar surface area (TPSA) is 90.4 Å². The lowest BCUT2D eigenvalue weighted by molar-refractivity contribution is 0.0182. The molecule has 3 aromatic rings. The molecule has 0 unspecified atom stereocenters. The number of hydrogen-bond acceptors (Lipinski definition) is 7. The van der Waals surface area contributed by atoms with Crippen molar-refractivity contribution in [2.75, 3.05) is 41.5 Å². The predicted octanol–water partition coefficient (Wildman–Crippen LogP) is 3.17. The minimum absolute atomic E-state index is 0.204. The number of ether oxygens (including phenoxy) is 4. The number of aromatic nitrogens is 1. The molecule has 33 heavy (non-hydrogen) atoms. The number of benzene rings is 2. The minimum Gasteiger partial charge on any atom is -0.496 e. The van der Waals surface area contributed by atoms with E-state index in [2.05, 4.69) is 4.98 Å². The van der Waals surface area contributed by atoms with E-state index < -0.39 is 0 Å². The van der Waals surface area contributed by atoms with Gasteiger partial charge in [0.05, 0.1) is 34.0 Å². The first-order chi connectivity index (χ1) is 16.0. The molecular formula is C24H25N3O6. The van der Waals surface area contributed by atoms with E-state index in [9.17, 15) is 9.59 Å². The second kappa shape index (κ2) is 9.23. The van der Waals surface area contributed by atoms with Crippen molar-refractivity contribution in [3.63, 3.8) is 0 Å². The highest BCUT2D eigenvalue weighted by Gasteiger charge is 2.34. The van der Waals surface area contributed by atoms with Gasteiger partial charge < -0.3 is 18.9 Å². The molecule has 1 fully saturated rings. The summed E-state index contributed by atoms with van der Waals surface area (Å²) in [6.07, 6.45) is 0.645. The maximum atomic E-state index is 13.4. The van der Waals surface area contributed by atoms with Crippen molar-refractivity contribution in [2.24, 2.45) is 0 Å². The molecule has 9 nitrogen and oxygen atoms in total. The van der Waals surface area contributed by atoms with Crippen molar-refractivity contribution >= 4 is 22.7 Å². The monoisotopic (exact) mass is 451 g/mol. The van der Waals surface area contributed by atoms with Crippen LogP contribution in [0, 0.1) is 0 Å². The van der Waals surface area contributed by atoms with E-state index in [0.717, 1.165) is 5.39 Å². The highest BCUT2D eigenvalue weighted by atomic mass is 16.5. The van der Waals surface area contributed by atoms with Gasteiger partial charge in [-0.25, -0.2) is 15.0 Å². The number of fused-ring (bicyclic) bond motifs is 1. The Balaban J connectivity index is 1.68. The minimum atomic E-state index is -0.377.